The molecule has 1 amide bonds. The number of nitrogens with one attached hydrogen (secondary N) is 1. The minimum Gasteiger partial charge on any atom is -0.465 e. The summed E-state index contributed by atoms with van der Waals surface area (Å²) in [6, 6.07) is 12.8. The average molecular weight is 394 g/mol. The molecule has 0 fully saturated rings. The van der Waals surface area contributed by atoms with Crippen molar-refractivity contribution in [1.82, 2.24) is 9.78 Å². The molecule has 0 saturated carbocycles. The fourth-order valence-corrected chi connectivity index (χ4v) is 2.91. The van der Waals surface area contributed by atoms with E-state index in [9.17, 15) is 19.7 Å². The standard InChI is InChI=1S/C20H18N4O5/c1-12-18(13(2)23(22-12)16-7-5-4-6-8-16)21-19(25)14-9-15(20(26)29-3)11-17(10-14)24(27)28/h4-11H,1-3H3,(H,21,25). The second-order valence-corrected chi connectivity index (χ2v) is 6.26. The number of amides is 1. The van der Waals surface area contributed by atoms with Crippen molar-refractivity contribution in [2.45, 2.75) is 13.8 Å². The number of esters is 1. The number of nitro groups is 1. The van der Waals surface area contributed by atoms with Gasteiger partial charge in [0, 0.05) is 17.7 Å². The molecule has 1 N–H and O–H groups in total. The van der Waals surface area contributed by atoms with Gasteiger partial charge >= 0.3 is 5.97 Å². The van der Waals surface area contributed by atoms with Crippen molar-refractivity contribution >= 4 is 23.3 Å². The molecule has 0 aliphatic heterocycles. The SMILES string of the molecule is COC(=O)c1cc(C(=O)Nc2c(C)nn(-c3ccccc3)c2C)cc([N+](=O)[O-])c1. The Morgan fingerprint density at radius 3 is 2.38 bits per heavy atom. The highest BCUT2D eigenvalue weighted by atomic mass is 16.6. The third-order valence-electron chi connectivity index (χ3n) is 4.34. The van der Waals surface area contributed by atoms with Gasteiger partial charge in [-0.25, -0.2) is 9.48 Å². The molecule has 0 bridgehead atoms. The minimum atomic E-state index is -0.771. The van der Waals surface area contributed by atoms with E-state index in [0.29, 0.717) is 17.1 Å². The number of anilines is 1. The van der Waals surface area contributed by atoms with Gasteiger partial charge in [0.2, 0.25) is 0 Å². The number of ether oxygens (including phenoxy) is 1. The maximum Gasteiger partial charge on any atom is 0.338 e. The van der Waals surface area contributed by atoms with Crippen LogP contribution in [0, 0.1) is 24.0 Å². The van der Waals surface area contributed by atoms with Gasteiger partial charge in [-0.1, -0.05) is 18.2 Å². The summed E-state index contributed by atoms with van der Waals surface area (Å²) < 4.78 is 6.30. The molecule has 148 valence electrons. The van der Waals surface area contributed by atoms with Gasteiger partial charge in [-0.05, 0) is 32.0 Å². The van der Waals surface area contributed by atoms with Crippen LogP contribution in [0.1, 0.15) is 32.1 Å². The quantitative estimate of drug-likeness (QED) is 0.402. The first kappa shape index (κ1) is 19.7. The maximum atomic E-state index is 12.8. The number of benzene rings is 2. The van der Waals surface area contributed by atoms with E-state index in [1.54, 1.807) is 18.5 Å². The Bertz CT molecular complexity index is 1110. The van der Waals surface area contributed by atoms with E-state index in [-0.39, 0.29) is 16.8 Å². The molecule has 0 radical (unpaired) electrons. The number of carbonyl (C=O) groups excluding carboxylic acids is 2. The van der Waals surface area contributed by atoms with Crippen molar-refractivity contribution in [3.05, 3.63) is 81.2 Å². The normalized spacial score (nSPS) is 10.4. The van der Waals surface area contributed by atoms with Gasteiger partial charge in [0.05, 0.1) is 40.4 Å². The van der Waals surface area contributed by atoms with E-state index in [1.165, 1.54) is 6.07 Å². The summed E-state index contributed by atoms with van der Waals surface area (Å²) in [5.41, 5.74) is 2.10. The molecule has 2 aromatic carbocycles. The monoisotopic (exact) mass is 394 g/mol. The number of methoxy groups -OCH3 is 1. The predicted molar refractivity (Wildman–Crippen MR) is 105 cm³/mol. The van der Waals surface area contributed by atoms with Crippen molar-refractivity contribution in [2.75, 3.05) is 12.4 Å². The number of carbonyl (C=O) groups is 2. The molecule has 0 spiro atoms. The number of para-hydroxylation sites is 1. The summed E-state index contributed by atoms with van der Waals surface area (Å²) in [5, 5.41) is 18.4. The molecule has 9 heteroatoms. The second-order valence-electron chi connectivity index (χ2n) is 6.26. The first-order valence-corrected chi connectivity index (χ1v) is 8.62. The van der Waals surface area contributed by atoms with Crippen LogP contribution in [0.5, 0.6) is 0 Å². The van der Waals surface area contributed by atoms with Crippen LogP contribution in [0.2, 0.25) is 0 Å². The van der Waals surface area contributed by atoms with Gasteiger partial charge in [-0.2, -0.15) is 5.10 Å². The molecule has 1 heterocycles. The van der Waals surface area contributed by atoms with Gasteiger partial charge in [0.1, 0.15) is 0 Å². The first-order chi connectivity index (χ1) is 13.8. The Morgan fingerprint density at radius 1 is 1.10 bits per heavy atom. The highest BCUT2D eigenvalue weighted by molar-refractivity contribution is 6.06. The summed E-state index contributed by atoms with van der Waals surface area (Å²) >= 11 is 0. The Morgan fingerprint density at radius 2 is 1.76 bits per heavy atom. The Labute approximate surface area is 166 Å². The molecule has 3 rings (SSSR count). The van der Waals surface area contributed by atoms with Crippen molar-refractivity contribution < 1.29 is 19.2 Å². The lowest BCUT2D eigenvalue weighted by molar-refractivity contribution is -0.384. The Kier molecular flexibility index (Phi) is 5.40. The first-order valence-electron chi connectivity index (χ1n) is 8.62. The van der Waals surface area contributed by atoms with Gasteiger partial charge in [-0.15, -0.1) is 0 Å². The number of aryl methyl sites for hydroxylation is 1. The number of hydrogen-bond donors (Lipinski definition) is 1. The van der Waals surface area contributed by atoms with Crippen molar-refractivity contribution in [2.24, 2.45) is 0 Å². The fourth-order valence-electron chi connectivity index (χ4n) is 2.91. The zero-order valence-electron chi connectivity index (χ0n) is 16.0. The zero-order chi connectivity index (χ0) is 21.1. The molecule has 0 unspecified atom stereocenters. The highest BCUT2D eigenvalue weighted by Crippen LogP contribution is 2.25. The van der Waals surface area contributed by atoms with E-state index in [4.69, 9.17) is 0 Å². The summed E-state index contributed by atoms with van der Waals surface area (Å²) in [6.45, 7) is 3.55. The summed E-state index contributed by atoms with van der Waals surface area (Å²) in [5.74, 6) is -1.37. The minimum absolute atomic E-state index is 0.0362. The summed E-state index contributed by atoms with van der Waals surface area (Å²) in [6.07, 6.45) is 0. The maximum absolute atomic E-state index is 12.8. The second kappa shape index (κ2) is 7.93. The lowest BCUT2D eigenvalue weighted by atomic mass is 10.1. The topological polar surface area (TPSA) is 116 Å². The van der Waals surface area contributed by atoms with Gasteiger partial charge in [0.25, 0.3) is 11.6 Å². The van der Waals surface area contributed by atoms with Gasteiger partial charge in [-0.3, -0.25) is 14.9 Å². The lowest BCUT2D eigenvalue weighted by Crippen LogP contribution is -2.15. The molecule has 3 aromatic rings. The van der Waals surface area contributed by atoms with Crippen LogP contribution in [-0.4, -0.2) is 33.7 Å². The number of nitrogens with zero attached hydrogens (tertiary/aromatic N) is 3. The van der Waals surface area contributed by atoms with Crippen LogP contribution >= 0.6 is 0 Å². The van der Waals surface area contributed by atoms with Crippen molar-refractivity contribution in [3.8, 4) is 5.69 Å². The van der Waals surface area contributed by atoms with Gasteiger partial charge < -0.3 is 10.1 Å². The van der Waals surface area contributed by atoms with Crippen LogP contribution in [0.25, 0.3) is 5.69 Å². The van der Waals surface area contributed by atoms with Crippen LogP contribution < -0.4 is 5.32 Å². The molecule has 29 heavy (non-hydrogen) atoms. The van der Waals surface area contributed by atoms with Crippen molar-refractivity contribution in [3.63, 3.8) is 0 Å². The average Bonchev–Trinajstić information content (AvgIpc) is 3.01. The van der Waals surface area contributed by atoms with E-state index >= 15 is 0 Å². The molecule has 9 nitrogen and oxygen atoms in total. The largest absolute Gasteiger partial charge is 0.465 e. The third kappa shape index (κ3) is 3.98. The molecule has 1 aromatic heterocycles. The zero-order valence-corrected chi connectivity index (χ0v) is 16.0. The van der Waals surface area contributed by atoms with Crippen LogP contribution in [0.3, 0.4) is 0 Å². The summed E-state index contributed by atoms with van der Waals surface area (Å²) in [7, 11) is 1.16. The highest BCUT2D eigenvalue weighted by Gasteiger charge is 2.21. The van der Waals surface area contributed by atoms with Gasteiger partial charge in [0.15, 0.2) is 0 Å². The number of non-ortho nitro benzene ring substituents is 1. The fraction of sp³-hybridized carbons (Fsp3) is 0.150. The van der Waals surface area contributed by atoms with Crippen LogP contribution in [-0.2, 0) is 4.74 Å². The third-order valence-corrected chi connectivity index (χ3v) is 4.34. The smallest absolute Gasteiger partial charge is 0.338 e. The molecule has 0 aliphatic rings. The van der Waals surface area contributed by atoms with Crippen LogP contribution in [0.15, 0.2) is 48.5 Å². The van der Waals surface area contributed by atoms with E-state index in [1.807, 2.05) is 30.3 Å². The number of nitro benzene ring substituents is 1. The van der Waals surface area contributed by atoms with E-state index < -0.39 is 16.8 Å². The lowest BCUT2D eigenvalue weighted by Gasteiger charge is -2.08. The number of hydrogen-bond acceptors (Lipinski definition) is 6. The number of aromatic nitrogens is 2. The van der Waals surface area contributed by atoms with E-state index in [0.717, 1.165) is 24.9 Å². The molecule has 0 saturated heterocycles. The predicted octanol–water partition coefficient (Wildman–Crippen LogP) is 3.44. The Balaban J connectivity index is 1.97. The Hall–Kier alpha value is -4.01. The molecule has 0 atom stereocenters. The van der Waals surface area contributed by atoms with Crippen molar-refractivity contribution in [1.29, 1.82) is 0 Å². The molecule has 0 aliphatic carbocycles. The van der Waals surface area contributed by atoms with Crippen LogP contribution in [0.4, 0.5) is 11.4 Å². The number of rotatable bonds is 5. The van der Waals surface area contributed by atoms with E-state index in [2.05, 4.69) is 15.2 Å². The summed E-state index contributed by atoms with van der Waals surface area (Å²) in [4.78, 5) is 35.1. The molecular weight excluding hydrogens is 376 g/mol. The molecular formula is C20H18N4O5.